The molecule has 0 N–H and O–H groups in total. The highest BCUT2D eigenvalue weighted by atomic mass is 16.1. The largest absolute Gasteiger partial charge is 0.299 e. The van der Waals surface area contributed by atoms with Gasteiger partial charge in [0.2, 0.25) is 0 Å². The monoisotopic (exact) mass is 374 g/mol. The van der Waals surface area contributed by atoms with Gasteiger partial charge in [-0.2, -0.15) is 0 Å². The zero-order valence-electron chi connectivity index (χ0n) is 17.2. The Kier molecular flexibility index (Phi) is 6.62. The summed E-state index contributed by atoms with van der Waals surface area (Å²) in [5, 5.41) is 0. The molecule has 1 nitrogen and oxygen atoms in total. The maximum Gasteiger partial charge on any atom is 0.141 e. The van der Waals surface area contributed by atoms with Gasteiger partial charge in [-0.1, -0.05) is 87.1 Å². The molecule has 0 aromatic heterocycles. The summed E-state index contributed by atoms with van der Waals surface area (Å²) in [5.41, 5.74) is 5.43. The average Bonchev–Trinajstić information content (AvgIpc) is 2.76. The van der Waals surface area contributed by atoms with Gasteiger partial charge in [-0.05, 0) is 59.8 Å². The predicted octanol–water partition coefficient (Wildman–Crippen LogP) is 7.14. The number of hydrogen-bond acceptors (Lipinski definition) is 1. The van der Waals surface area contributed by atoms with Crippen LogP contribution in [0.4, 0.5) is 0 Å². The first-order chi connectivity index (χ1) is 13.8. The van der Waals surface area contributed by atoms with Crippen LogP contribution in [0, 0.1) is 0 Å². The lowest BCUT2D eigenvalue weighted by atomic mass is 9.80. The second kappa shape index (κ2) is 9.54. The summed E-state index contributed by atoms with van der Waals surface area (Å²) in [5.74, 6) is 1.69. The molecule has 0 unspecified atom stereocenters. The lowest BCUT2D eigenvalue weighted by molar-refractivity contribution is -0.117. The second-order valence-corrected chi connectivity index (χ2v) is 8.96. The summed E-state index contributed by atoms with van der Waals surface area (Å²) in [6.07, 6.45) is 14.4. The van der Waals surface area contributed by atoms with Crippen LogP contribution in [0.5, 0.6) is 0 Å². The Labute approximate surface area is 170 Å². The molecule has 0 heterocycles. The molecule has 0 aliphatic heterocycles. The fraction of sp³-hybridized carbons (Fsp3) is 0.519. The van der Waals surface area contributed by atoms with Crippen molar-refractivity contribution in [3.05, 3.63) is 70.8 Å². The number of carbonyl (C=O) groups excluding carboxylic acids is 1. The van der Waals surface area contributed by atoms with Crippen LogP contribution in [0.3, 0.4) is 0 Å². The van der Waals surface area contributed by atoms with Crippen molar-refractivity contribution in [2.24, 2.45) is 0 Å². The molecule has 0 amide bonds. The summed E-state index contributed by atoms with van der Waals surface area (Å²) in [6, 6.07) is 17.4. The summed E-state index contributed by atoms with van der Waals surface area (Å²) in [4.78, 5) is 13.1. The van der Waals surface area contributed by atoms with E-state index in [4.69, 9.17) is 0 Å². The molecular formula is C27H34O. The molecule has 2 aromatic carbocycles. The number of rotatable bonds is 6. The zero-order valence-corrected chi connectivity index (χ0v) is 17.2. The van der Waals surface area contributed by atoms with Gasteiger partial charge in [0.05, 0.1) is 0 Å². The van der Waals surface area contributed by atoms with Gasteiger partial charge in [0.1, 0.15) is 5.78 Å². The minimum absolute atomic E-state index is 0.367. The van der Waals surface area contributed by atoms with Gasteiger partial charge in [-0.25, -0.2) is 0 Å². The van der Waals surface area contributed by atoms with Crippen LogP contribution in [0.1, 0.15) is 98.3 Å². The van der Waals surface area contributed by atoms with Crippen LogP contribution in [0.2, 0.25) is 0 Å². The van der Waals surface area contributed by atoms with Crippen LogP contribution in [-0.2, 0) is 17.6 Å². The van der Waals surface area contributed by atoms with Gasteiger partial charge in [-0.3, -0.25) is 4.79 Å². The normalized spacial score (nSPS) is 18.9. The molecule has 0 spiro atoms. The SMILES string of the molecule is O=C(Cc1ccccc1C1CCCCC1)Cc1ccccc1C1CCCCC1. The van der Waals surface area contributed by atoms with Crippen molar-refractivity contribution in [2.75, 3.05) is 0 Å². The molecule has 4 rings (SSSR count). The Morgan fingerprint density at radius 3 is 1.43 bits per heavy atom. The molecule has 28 heavy (non-hydrogen) atoms. The standard InChI is InChI=1S/C27H34O/c28-25(19-23-15-7-9-17-26(23)21-11-3-1-4-12-21)20-24-16-8-10-18-27(24)22-13-5-2-6-14-22/h7-10,15-18,21-22H,1-6,11-14,19-20H2. The zero-order chi connectivity index (χ0) is 19.2. The molecule has 2 aliphatic carbocycles. The van der Waals surface area contributed by atoms with Crippen LogP contribution in [0.25, 0.3) is 0 Å². The summed E-state index contributed by atoms with van der Waals surface area (Å²) in [6.45, 7) is 0. The van der Waals surface area contributed by atoms with Crippen LogP contribution in [0.15, 0.2) is 48.5 Å². The topological polar surface area (TPSA) is 17.1 Å². The number of ketones is 1. The Bertz CT molecular complexity index is 713. The van der Waals surface area contributed by atoms with Gasteiger partial charge >= 0.3 is 0 Å². The molecule has 1 heteroatoms. The highest BCUT2D eigenvalue weighted by molar-refractivity contribution is 5.83. The van der Waals surface area contributed by atoms with Gasteiger partial charge in [-0.15, -0.1) is 0 Å². The van der Waals surface area contributed by atoms with E-state index in [9.17, 15) is 4.79 Å². The highest BCUT2D eigenvalue weighted by Gasteiger charge is 2.21. The van der Waals surface area contributed by atoms with E-state index < -0.39 is 0 Å². The number of carbonyl (C=O) groups is 1. The predicted molar refractivity (Wildman–Crippen MR) is 117 cm³/mol. The average molecular weight is 375 g/mol. The first-order valence-corrected chi connectivity index (χ1v) is 11.5. The van der Waals surface area contributed by atoms with Crippen molar-refractivity contribution in [2.45, 2.75) is 88.9 Å². The third-order valence-electron chi connectivity index (χ3n) is 6.98. The van der Waals surface area contributed by atoms with Gasteiger partial charge in [0, 0.05) is 12.8 Å². The van der Waals surface area contributed by atoms with Crippen LogP contribution >= 0.6 is 0 Å². The van der Waals surface area contributed by atoms with E-state index in [0.717, 1.165) is 0 Å². The summed E-state index contributed by atoms with van der Waals surface area (Å²) < 4.78 is 0. The van der Waals surface area contributed by atoms with E-state index in [-0.39, 0.29) is 0 Å². The Morgan fingerprint density at radius 2 is 1.00 bits per heavy atom. The molecule has 2 aromatic rings. The smallest absolute Gasteiger partial charge is 0.141 e. The van der Waals surface area contributed by atoms with E-state index in [2.05, 4.69) is 48.5 Å². The molecule has 0 bridgehead atoms. The molecular weight excluding hydrogens is 340 g/mol. The third-order valence-corrected chi connectivity index (χ3v) is 6.98. The van der Waals surface area contributed by atoms with Crippen LogP contribution < -0.4 is 0 Å². The number of hydrogen-bond donors (Lipinski definition) is 0. The maximum atomic E-state index is 13.1. The van der Waals surface area contributed by atoms with E-state index >= 15 is 0 Å². The molecule has 0 saturated heterocycles. The Hall–Kier alpha value is -1.89. The quantitative estimate of drug-likeness (QED) is 0.525. The summed E-state index contributed by atoms with van der Waals surface area (Å²) in [7, 11) is 0. The lowest BCUT2D eigenvalue weighted by Gasteiger charge is -2.25. The van der Waals surface area contributed by atoms with E-state index in [1.54, 1.807) is 0 Å². The number of benzene rings is 2. The van der Waals surface area contributed by atoms with Gasteiger partial charge in [0.25, 0.3) is 0 Å². The van der Waals surface area contributed by atoms with Crippen molar-refractivity contribution in [3.63, 3.8) is 0 Å². The first kappa shape index (κ1) is 19.4. The summed E-state index contributed by atoms with van der Waals surface area (Å²) >= 11 is 0. The van der Waals surface area contributed by atoms with Crippen LogP contribution in [-0.4, -0.2) is 5.78 Å². The Balaban J connectivity index is 1.47. The fourth-order valence-electron chi connectivity index (χ4n) is 5.50. The molecule has 2 aliphatic rings. The van der Waals surface area contributed by atoms with Crippen molar-refractivity contribution in [1.82, 2.24) is 0 Å². The molecule has 2 saturated carbocycles. The third kappa shape index (κ3) is 4.74. The lowest BCUT2D eigenvalue weighted by Crippen LogP contribution is -2.14. The van der Waals surface area contributed by atoms with Crippen molar-refractivity contribution in [3.8, 4) is 0 Å². The Morgan fingerprint density at radius 1 is 0.607 bits per heavy atom. The van der Waals surface area contributed by atoms with Gasteiger partial charge in [0.15, 0.2) is 0 Å². The number of Topliss-reactive ketones (excluding diaryl/α,β-unsaturated/α-hetero) is 1. The van der Waals surface area contributed by atoms with Crippen molar-refractivity contribution < 1.29 is 4.79 Å². The minimum atomic E-state index is 0.367. The fourth-order valence-corrected chi connectivity index (χ4v) is 5.50. The van der Waals surface area contributed by atoms with E-state index in [0.29, 0.717) is 30.5 Å². The first-order valence-electron chi connectivity index (χ1n) is 11.5. The molecule has 0 atom stereocenters. The minimum Gasteiger partial charge on any atom is -0.299 e. The van der Waals surface area contributed by atoms with Gasteiger partial charge < -0.3 is 0 Å². The van der Waals surface area contributed by atoms with Crippen molar-refractivity contribution in [1.29, 1.82) is 0 Å². The highest BCUT2D eigenvalue weighted by Crippen LogP contribution is 2.36. The van der Waals surface area contributed by atoms with E-state index in [1.165, 1.54) is 86.5 Å². The second-order valence-electron chi connectivity index (χ2n) is 8.96. The maximum absolute atomic E-state index is 13.1. The molecule has 0 radical (unpaired) electrons. The van der Waals surface area contributed by atoms with Crippen molar-refractivity contribution >= 4 is 5.78 Å². The molecule has 148 valence electrons. The van der Waals surface area contributed by atoms with E-state index in [1.807, 2.05) is 0 Å². The molecule has 2 fully saturated rings.